The van der Waals surface area contributed by atoms with Crippen molar-refractivity contribution in [2.75, 3.05) is 18.8 Å². The van der Waals surface area contributed by atoms with Crippen LogP contribution in [0.15, 0.2) is 48.0 Å². The van der Waals surface area contributed by atoms with Crippen LogP contribution in [0.2, 0.25) is 0 Å². The van der Waals surface area contributed by atoms with Gasteiger partial charge < -0.3 is 14.2 Å². The van der Waals surface area contributed by atoms with E-state index in [1.165, 1.54) is 13.2 Å². The highest BCUT2D eigenvalue weighted by Gasteiger charge is 2.37. The Morgan fingerprint density at radius 3 is 2.48 bits per heavy atom. The summed E-state index contributed by atoms with van der Waals surface area (Å²) in [5.74, 6) is -0.126. The van der Waals surface area contributed by atoms with Crippen LogP contribution in [-0.4, -0.2) is 31.7 Å². The number of fused-ring (bicyclic) bond motifs is 1. The second kappa shape index (κ2) is 6.49. The molecular formula is C19H14N2O6. The number of barbiturate groups is 1. The number of nitrogens with zero attached hydrogens (tertiary/aromatic N) is 1. The number of anilines is 1. The van der Waals surface area contributed by atoms with Gasteiger partial charge in [-0.3, -0.25) is 14.9 Å². The van der Waals surface area contributed by atoms with Crippen LogP contribution >= 0.6 is 0 Å². The fourth-order valence-electron chi connectivity index (χ4n) is 2.85. The van der Waals surface area contributed by atoms with E-state index in [1.54, 1.807) is 42.5 Å². The Balaban J connectivity index is 1.77. The molecule has 0 bridgehead atoms. The van der Waals surface area contributed by atoms with E-state index in [2.05, 4.69) is 5.32 Å². The molecule has 0 unspecified atom stereocenters. The predicted molar refractivity (Wildman–Crippen MR) is 94.6 cm³/mol. The van der Waals surface area contributed by atoms with Crippen molar-refractivity contribution in [3.63, 3.8) is 0 Å². The predicted octanol–water partition coefficient (Wildman–Crippen LogP) is 2.09. The van der Waals surface area contributed by atoms with Crippen LogP contribution < -0.4 is 24.4 Å². The quantitative estimate of drug-likeness (QED) is 0.660. The number of hydrogen-bond acceptors (Lipinski definition) is 6. The molecule has 2 aliphatic rings. The van der Waals surface area contributed by atoms with Crippen molar-refractivity contribution in [3.8, 4) is 17.2 Å². The number of amides is 4. The summed E-state index contributed by atoms with van der Waals surface area (Å²) in [7, 11) is 1.46. The third-order valence-electron chi connectivity index (χ3n) is 4.14. The number of carbonyl (C=O) groups excluding carboxylic acids is 3. The third-order valence-corrected chi connectivity index (χ3v) is 4.14. The lowest BCUT2D eigenvalue weighted by Crippen LogP contribution is -2.54. The summed E-state index contributed by atoms with van der Waals surface area (Å²) in [5, 5.41) is 2.18. The molecule has 2 aromatic rings. The van der Waals surface area contributed by atoms with Gasteiger partial charge in [-0.2, -0.15) is 0 Å². The Morgan fingerprint density at radius 1 is 1.07 bits per heavy atom. The van der Waals surface area contributed by atoms with Crippen molar-refractivity contribution in [3.05, 3.63) is 53.6 Å². The summed E-state index contributed by atoms with van der Waals surface area (Å²) in [6.45, 7) is 0.0776. The maximum Gasteiger partial charge on any atom is 0.335 e. The molecule has 1 fully saturated rings. The lowest BCUT2D eigenvalue weighted by Gasteiger charge is -2.26. The molecule has 8 heteroatoms. The smallest absolute Gasteiger partial charge is 0.335 e. The van der Waals surface area contributed by atoms with Crippen LogP contribution in [0.1, 0.15) is 5.56 Å². The van der Waals surface area contributed by atoms with Crippen LogP contribution in [0.25, 0.3) is 6.08 Å². The van der Waals surface area contributed by atoms with Crippen molar-refractivity contribution in [1.29, 1.82) is 0 Å². The van der Waals surface area contributed by atoms with Crippen LogP contribution in [-0.2, 0) is 9.59 Å². The van der Waals surface area contributed by atoms with Gasteiger partial charge in [0.2, 0.25) is 6.79 Å². The number of methoxy groups -OCH3 is 1. The van der Waals surface area contributed by atoms with Gasteiger partial charge in [0, 0.05) is 11.6 Å². The van der Waals surface area contributed by atoms with Crippen LogP contribution in [0, 0.1) is 0 Å². The fraction of sp³-hybridized carbons (Fsp3) is 0.105. The average molecular weight is 366 g/mol. The Hall–Kier alpha value is -3.81. The van der Waals surface area contributed by atoms with Gasteiger partial charge >= 0.3 is 6.03 Å². The molecule has 1 N–H and O–H groups in total. The molecule has 8 nitrogen and oxygen atoms in total. The van der Waals surface area contributed by atoms with E-state index in [1.807, 2.05) is 0 Å². The van der Waals surface area contributed by atoms with Gasteiger partial charge in [-0.1, -0.05) is 18.2 Å². The molecule has 4 amide bonds. The van der Waals surface area contributed by atoms with E-state index in [0.29, 0.717) is 28.5 Å². The second-order valence-electron chi connectivity index (χ2n) is 5.74. The van der Waals surface area contributed by atoms with Gasteiger partial charge in [-0.25, -0.2) is 9.69 Å². The molecular weight excluding hydrogens is 352 g/mol. The summed E-state index contributed by atoms with van der Waals surface area (Å²) in [5.41, 5.74) is 0.606. The summed E-state index contributed by atoms with van der Waals surface area (Å²) in [4.78, 5) is 38.2. The first-order valence-corrected chi connectivity index (χ1v) is 8.02. The standard InChI is InChI=1S/C19H14N2O6/c1-25-14-9-16-15(26-10-27-16)8-11(14)7-13-17(22)20-19(24)21(18(13)23)12-5-3-2-4-6-12/h2-9H,10H2,1H3,(H,20,22,24)/b13-7-. The Labute approximate surface area is 153 Å². The summed E-state index contributed by atoms with van der Waals surface area (Å²) >= 11 is 0. The van der Waals surface area contributed by atoms with Crippen molar-refractivity contribution in [2.45, 2.75) is 0 Å². The van der Waals surface area contributed by atoms with Gasteiger partial charge in [0.05, 0.1) is 12.8 Å². The largest absolute Gasteiger partial charge is 0.496 e. The van der Waals surface area contributed by atoms with Gasteiger partial charge in [-0.05, 0) is 24.3 Å². The second-order valence-corrected chi connectivity index (χ2v) is 5.74. The number of para-hydroxylation sites is 1. The fourth-order valence-corrected chi connectivity index (χ4v) is 2.85. The third kappa shape index (κ3) is 2.86. The number of ether oxygens (including phenoxy) is 3. The molecule has 0 atom stereocenters. The normalized spacial score (nSPS) is 17.3. The van der Waals surface area contributed by atoms with Gasteiger partial charge in [0.1, 0.15) is 11.3 Å². The highest BCUT2D eigenvalue weighted by atomic mass is 16.7. The summed E-state index contributed by atoms with van der Waals surface area (Å²) in [6.07, 6.45) is 1.36. The van der Waals surface area contributed by atoms with Gasteiger partial charge in [0.15, 0.2) is 11.5 Å². The molecule has 2 heterocycles. The molecule has 0 spiro atoms. The molecule has 0 aliphatic carbocycles. The molecule has 1 saturated heterocycles. The number of urea groups is 1. The maximum atomic E-state index is 12.9. The molecule has 136 valence electrons. The van der Waals surface area contributed by atoms with Crippen LogP contribution in [0.3, 0.4) is 0 Å². The molecule has 0 aromatic heterocycles. The molecule has 27 heavy (non-hydrogen) atoms. The number of rotatable bonds is 3. The minimum absolute atomic E-state index is 0.0776. The molecule has 0 saturated carbocycles. The van der Waals surface area contributed by atoms with Crippen molar-refractivity contribution < 1.29 is 28.6 Å². The SMILES string of the molecule is COc1cc2c(cc1/C=C1/C(=O)NC(=O)N(c3ccccc3)C1=O)OCO2. The topological polar surface area (TPSA) is 94.2 Å². The van der Waals surface area contributed by atoms with Crippen molar-refractivity contribution >= 4 is 29.6 Å². The maximum absolute atomic E-state index is 12.9. The van der Waals surface area contributed by atoms with Gasteiger partial charge in [-0.15, -0.1) is 0 Å². The first-order valence-electron chi connectivity index (χ1n) is 8.02. The van der Waals surface area contributed by atoms with E-state index in [4.69, 9.17) is 14.2 Å². The highest BCUT2D eigenvalue weighted by molar-refractivity contribution is 6.39. The van der Waals surface area contributed by atoms with E-state index in [-0.39, 0.29) is 12.4 Å². The summed E-state index contributed by atoms with van der Waals surface area (Å²) < 4.78 is 15.9. The van der Waals surface area contributed by atoms with Crippen LogP contribution in [0.5, 0.6) is 17.2 Å². The molecule has 2 aromatic carbocycles. The van der Waals surface area contributed by atoms with E-state index in [0.717, 1.165) is 4.90 Å². The number of imide groups is 2. The lowest BCUT2D eigenvalue weighted by molar-refractivity contribution is -0.122. The molecule has 2 aliphatic heterocycles. The zero-order valence-electron chi connectivity index (χ0n) is 14.2. The van der Waals surface area contributed by atoms with Crippen LogP contribution in [0.4, 0.5) is 10.5 Å². The Kier molecular flexibility index (Phi) is 4.00. The summed E-state index contributed by atoms with van der Waals surface area (Å²) in [6, 6.07) is 10.8. The van der Waals surface area contributed by atoms with Gasteiger partial charge in [0.25, 0.3) is 11.8 Å². The Bertz CT molecular complexity index is 983. The number of nitrogens with one attached hydrogen (secondary N) is 1. The van der Waals surface area contributed by atoms with Crippen molar-refractivity contribution in [1.82, 2.24) is 5.32 Å². The highest BCUT2D eigenvalue weighted by Crippen LogP contribution is 2.39. The Morgan fingerprint density at radius 2 is 1.78 bits per heavy atom. The lowest BCUT2D eigenvalue weighted by atomic mass is 10.1. The minimum atomic E-state index is -0.800. The van der Waals surface area contributed by atoms with E-state index < -0.39 is 17.8 Å². The number of hydrogen-bond donors (Lipinski definition) is 1. The first kappa shape index (κ1) is 16.6. The first-order chi connectivity index (χ1) is 13.1. The monoisotopic (exact) mass is 366 g/mol. The van der Waals surface area contributed by atoms with Crippen molar-refractivity contribution in [2.24, 2.45) is 0 Å². The van der Waals surface area contributed by atoms with E-state index in [9.17, 15) is 14.4 Å². The zero-order chi connectivity index (χ0) is 19.0. The minimum Gasteiger partial charge on any atom is -0.496 e. The number of carbonyl (C=O) groups is 3. The molecule has 0 radical (unpaired) electrons. The molecule has 4 rings (SSSR count). The average Bonchev–Trinajstić information content (AvgIpc) is 3.12. The number of benzene rings is 2. The zero-order valence-corrected chi connectivity index (χ0v) is 14.2. The van der Waals surface area contributed by atoms with E-state index >= 15 is 0 Å².